The maximum absolute atomic E-state index is 12.1. The molecule has 0 aliphatic rings. The number of carbonyl (C=O) groups excluding carboxylic acids is 2. The van der Waals surface area contributed by atoms with E-state index in [9.17, 15) is 9.59 Å². The Morgan fingerprint density at radius 2 is 1.79 bits per heavy atom. The van der Waals surface area contributed by atoms with Crippen LogP contribution in [-0.4, -0.2) is 16.9 Å². The molecule has 0 bridgehead atoms. The third-order valence-corrected chi connectivity index (χ3v) is 5.12. The quantitative estimate of drug-likeness (QED) is 0.609. The molecule has 0 saturated heterocycles. The van der Waals surface area contributed by atoms with Gasteiger partial charge >= 0.3 is 5.97 Å². The number of hydrogen-bond donors (Lipinski definition) is 1. The van der Waals surface area contributed by atoms with Gasteiger partial charge in [-0.3, -0.25) is 9.59 Å². The van der Waals surface area contributed by atoms with Crippen LogP contribution >= 0.6 is 11.3 Å². The third-order valence-electron chi connectivity index (χ3n) is 4.22. The highest BCUT2D eigenvalue weighted by Gasteiger charge is 2.11. The standard InChI is InChI=1S/C22H22N2O3S/c1-15-7-9-18(10-8-15)23-20(25)12-21-24-19(14-28-21)13-27-22(26)11-17-6-4-3-5-16(17)2/h3-10,14H,11-13H2,1-2H3,(H,23,25). The van der Waals surface area contributed by atoms with Gasteiger partial charge in [0.25, 0.3) is 0 Å². The van der Waals surface area contributed by atoms with Crippen molar-refractivity contribution in [1.29, 1.82) is 0 Å². The summed E-state index contributed by atoms with van der Waals surface area (Å²) < 4.78 is 5.32. The summed E-state index contributed by atoms with van der Waals surface area (Å²) in [6, 6.07) is 15.4. The largest absolute Gasteiger partial charge is 0.459 e. The number of esters is 1. The molecule has 0 unspecified atom stereocenters. The van der Waals surface area contributed by atoms with Gasteiger partial charge in [0, 0.05) is 11.1 Å². The Hall–Kier alpha value is -2.99. The molecule has 1 N–H and O–H groups in total. The zero-order chi connectivity index (χ0) is 19.9. The van der Waals surface area contributed by atoms with Crippen LogP contribution in [0.5, 0.6) is 0 Å². The highest BCUT2D eigenvalue weighted by Crippen LogP contribution is 2.14. The maximum Gasteiger partial charge on any atom is 0.310 e. The molecule has 1 amide bonds. The number of ether oxygens (including phenoxy) is 1. The number of thiazole rings is 1. The Labute approximate surface area is 168 Å². The van der Waals surface area contributed by atoms with Gasteiger partial charge in [0.05, 0.1) is 18.5 Å². The van der Waals surface area contributed by atoms with Crippen LogP contribution in [-0.2, 0) is 33.8 Å². The van der Waals surface area contributed by atoms with Crippen molar-refractivity contribution in [3.63, 3.8) is 0 Å². The molecular weight excluding hydrogens is 372 g/mol. The van der Waals surface area contributed by atoms with E-state index >= 15 is 0 Å². The zero-order valence-electron chi connectivity index (χ0n) is 15.9. The normalized spacial score (nSPS) is 10.5. The van der Waals surface area contributed by atoms with Gasteiger partial charge in [0.1, 0.15) is 11.6 Å². The minimum atomic E-state index is -0.291. The SMILES string of the molecule is Cc1ccc(NC(=O)Cc2nc(COC(=O)Cc3ccccc3C)cs2)cc1. The third kappa shape index (κ3) is 5.76. The number of anilines is 1. The number of benzene rings is 2. The summed E-state index contributed by atoms with van der Waals surface area (Å²) in [6.45, 7) is 4.08. The lowest BCUT2D eigenvalue weighted by Crippen LogP contribution is -2.14. The number of hydrogen-bond acceptors (Lipinski definition) is 5. The molecule has 1 heterocycles. The zero-order valence-corrected chi connectivity index (χ0v) is 16.7. The van der Waals surface area contributed by atoms with Crippen LogP contribution in [0.4, 0.5) is 5.69 Å². The molecule has 2 aromatic carbocycles. The monoisotopic (exact) mass is 394 g/mol. The lowest BCUT2D eigenvalue weighted by atomic mass is 10.1. The second-order valence-electron chi connectivity index (χ2n) is 6.59. The Bertz CT molecular complexity index is 964. The number of nitrogens with one attached hydrogen (secondary N) is 1. The van der Waals surface area contributed by atoms with Crippen molar-refractivity contribution in [2.24, 2.45) is 0 Å². The van der Waals surface area contributed by atoms with Gasteiger partial charge in [-0.15, -0.1) is 11.3 Å². The average Bonchev–Trinajstić information content (AvgIpc) is 3.11. The van der Waals surface area contributed by atoms with Crippen molar-refractivity contribution < 1.29 is 14.3 Å². The van der Waals surface area contributed by atoms with E-state index in [4.69, 9.17) is 4.74 Å². The topological polar surface area (TPSA) is 68.3 Å². The number of amides is 1. The molecule has 0 fully saturated rings. The van der Waals surface area contributed by atoms with Gasteiger partial charge in [-0.05, 0) is 37.1 Å². The van der Waals surface area contributed by atoms with Crippen molar-refractivity contribution in [3.8, 4) is 0 Å². The van der Waals surface area contributed by atoms with Crippen LogP contribution in [0.15, 0.2) is 53.9 Å². The van der Waals surface area contributed by atoms with E-state index in [0.717, 1.165) is 22.4 Å². The highest BCUT2D eigenvalue weighted by molar-refractivity contribution is 7.09. The molecule has 6 heteroatoms. The van der Waals surface area contributed by atoms with Crippen molar-refractivity contribution >= 4 is 28.9 Å². The van der Waals surface area contributed by atoms with Crippen molar-refractivity contribution in [2.45, 2.75) is 33.3 Å². The number of nitrogens with zero attached hydrogens (tertiary/aromatic N) is 1. The maximum atomic E-state index is 12.1. The van der Waals surface area contributed by atoms with Gasteiger partial charge < -0.3 is 10.1 Å². The van der Waals surface area contributed by atoms with Gasteiger partial charge in [0.15, 0.2) is 0 Å². The van der Waals surface area contributed by atoms with Crippen LogP contribution in [0.2, 0.25) is 0 Å². The summed E-state index contributed by atoms with van der Waals surface area (Å²) in [6.07, 6.45) is 0.429. The number of aryl methyl sites for hydroxylation is 2. The van der Waals surface area contributed by atoms with Gasteiger partial charge in [-0.25, -0.2) is 4.98 Å². The smallest absolute Gasteiger partial charge is 0.310 e. The first kappa shape index (κ1) is 19.8. The van der Waals surface area contributed by atoms with E-state index in [1.807, 2.05) is 67.8 Å². The molecule has 0 saturated carbocycles. The Balaban J connectivity index is 1.47. The first-order valence-electron chi connectivity index (χ1n) is 8.99. The van der Waals surface area contributed by atoms with Crippen LogP contribution in [0.1, 0.15) is 27.4 Å². The Morgan fingerprint density at radius 3 is 2.54 bits per heavy atom. The van der Waals surface area contributed by atoms with Crippen LogP contribution in [0.25, 0.3) is 0 Å². The second-order valence-corrected chi connectivity index (χ2v) is 7.53. The second kappa shape index (κ2) is 9.28. The highest BCUT2D eigenvalue weighted by atomic mass is 32.1. The lowest BCUT2D eigenvalue weighted by Gasteiger charge is -2.06. The molecule has 0 radical (unpaired) electrons. The fourth-order valence-corrected chi connectivity index (χ4v) is 3.42. The Kier molecular flexibility index (Phi) is 6.55. The molecule has 3 rings (SSSR count). The fourth-order valence-electron chi connectivity index (χ4n) is 2.65. The summed E-state index contributed by atoms with van der Waals surface area (Å²) in [5, 5.41) is 5.36. The summed E-state index contributed by atoms with van der Waals surface area (Å²) in [7, 11) is 0. The van der Waals surface area contributed by atoms with E-state index in [1.54, 1.807) is 0 Å². The molecule has 0 aliphatic heterocycles. The number of rotatable bonds is 7. The first-order chi connectivity index (χ1) is 13.5. The van der Waals surface area contributed by atoms with Crippen LogP contribution < -0.4 is 5.32 Å². The first-order valence-corrected chi connectivity index (χ1v) is 9.87. The van der Waals surface area contributed by atoms with E-state index < -0.39 is 0 Å². The predicted molar refractivity (Wildman–Crippen MR) is 110 cm³/mol. The van der Waals surface area contributed by atoms with Gasteiger partial charge in [0.2, 0.25) is 5.91 Å². The summed E-state index contributed by atoms with van der Waals surface area (Å²) in [5.41, 5.74) is 4.58. The van der Waals surface area contributed by atoms with Crippen LogP contribution in [0.3, 0.4) is 0 Å². The molecular formula is C22H22N2O3S. The average molecular weight is 394 g/mol. The minimum Gasteiger partial charge on any atom is -0.459 e. The number of carbonyl (C=O) groups is 2. The van der Waals surface area contributed by atoms with Gasteiger partial charge in [-0.1, -0.05) is 42.0 Å². The molecule has 28 heavy (non-hydrogen) atoms. The fraction of sp³-hybridized carbons (Fsp3) is 0.227. The van der Waals surface area contributed by atoms with E-state index in [-0.39, 0.29) is 31.3 Å². The molecule has 0 aliphatic carbocycles. The number of aromatic nitrogens is 1. The molecule has 0 spiro atoms. The van der Waals surface area contributed by atoms with E-state index in [2.05, 4.69) is 10.3 Å². The minimum absolute atomic E-state index is 0.112. The van der Waals surface area contributed by atoms with Crippen LogP contribution in [0, 0.1) is 13.8 Å². The summed E-state index contributed by atoms with van der Waals surface area (Å²) in [5.74, 6) is -0.415. The Morgan fingerprint density at radius 1 is 1.04 bits per heavy atom. The molecule has 3 aromatic rings. The summed E-state index contributed by atoms with van der Waals surface area (Å²) >= 11 is 1.39. The van der Waals surface area contributed by atoms with Crippen molar-refractivity contribution in [3.05, 3.63) is 81.3 Å². The predicted octanol–water partition coefficient (Wildman–Crippen LogP) is 4.23. The molecule has 144 valence electrons. The van der Waals surface area contributed by atoms with Crippen molar-refractivity contribution in [2.75, 3.05) is 5.32 Å². The summed E-state index contributed by atoms with van der Waals surface area (Å²) in [4.78, 5) is 28.6. The molecule has 5 nitrogen and oxygen atoms in total. The van der Waals surface area contributed by atoms with E-state index in [1.165, 1.54) is 11.3 Å². The van der Waals surface area contributed by atoms with Crippen molar-refractivity contribution in [1.82, 2.24) is 4.98 Å². The lowest BCUT2D eigenvalue weighted by molar-refractivity contribution is -0.144. The van der Waals surface area contributed by atoms with E-state index in [0.29, 0.717) is 10.7 Å². The van der Waals surface area contributed by atoms with Gasteiger partial charge in [-0.2, -0.15) is 0 Å². The molecule has 1 aromatic heterocycles. The molecule has 0 atom stereocenters.